The molecule has 1 heterocycles. The van der Waals surface area contributed by atoms with Crippen LogP contribution in [0.5, 0.6) is 0 Å². The van der Waals surface area contributed by atoms with E-state index in [0.29, 0.717) is 28.4 Å². The minimum Gasteiger partial charge on any atom is -0.333 e. The maximum Gasteiger partial charge on any atom is 0.406 e. The number of nitrogens with one attached hydrogen (secondary N) is 1. The Morgan fingerprint density at radius 3 is 2.70 bits per heavy atom. The number of halogens is 3. The molecule has 8 heteroatoms. The molecule has 0 aliphatic heterocycles. The summed E-state index contributed by atoms with van der Waals surface area (Å²) in [7, 11) is 1.10. The Bertz CT molecular complexity index is 802. The van der Waals surface area contributed by atoms with Crippen LogP contribution in [-0.4, -0.2) is 40.1 Å². The molecule has 1 fully saturated rings. The minimum atomic E-state index is -4.45. The first kappa shape index (κ1) is 15.6. The molecule has 1 amide bonds. The van der Waals surface area contributed by atoms with E-state index in [-0.39, 0.29) is 11.3 Å². The van der Waals surface area contributed by atoms with E-state index >= 15 is 0 Å². The molecule has 2 aromatic rings. The Morgan fingerprint density at radius 2 is 2.09 bits per heavy atom. The average molecular weight is 327 g/mol. The highest BCUT2D eigenvalue weighted by Crippen LogP contribution is 2.31. The number of amides is 1. The Morgan fingerprint density at radius 1 is 1.39 bits per heavy atom. The van der Waals surface area contributed by atoms with Crippen LogP contribution in [0, 0.1) is 5.92 Å². The summed E-state index contributed by atoms with van der Waals surface area (Å²) in [5.74, 6) is -0.231. The van der Waals surface area contributed by atoms with Gasteiger partial charge in [-0.25, -0.2) is 4.79 Å². The number of benzene rings is 1. The summed E-state index contributed by atoms with van der Waals surface area (Å²) < 4.78 is 38.7. The summed E-state index contributed by atoms with van der Waals surface area (Å²) >= 11 is 0. The number of aromatic nitrogens is 2. The lowest BCUT2D eigenvalue weighted by Gasteiger charge is -2.18. The zero-order chi connectivity index (χ0) is 16.8. The van der Waals surface area contributed by atoms with Crippen LogP contribution in [0.2, 0.25) is 0 Å². The number of carbonyl (C=O) groups is 1. The molecule has 5 nitrogen and oxygen atoms in total. The summed E-state index contributed by atoms with van der Waals surface area (Å²) in [5.41, 5.74) is 0.975. The smallest absolute Gasteiger partial charge is 0.333 e. The fourth-order valence-corrected chi connectivity index (χ4v) is 2.60. The van der Waals surface area contributed by atoms with Gasteiger partial charge in [0.2, 0.25) is 0 Å². The first-order valence-corrected chi connectivity index (χ1v) is 7.29. The van der Waals surface area contributed by atoms with Crippen LogP contribution in [-0.2, 0) is 6.54 Å². The third-order valence-corrected chi connectivity index (χ3v) is 3.92. The van der Waals surface area contributed by atoms with Gasteiger partial charge in [-0.15, -0.1) is 0 Å². The molecule has 124 valence electrons. The molecular formula is C15H16F3N3O2. The number of rotatable bonds is 4. The molecule has 1 saturated carbocycles. The summed E-state index contributed by atoms with van der Waals surface area (Å²) in [6.45, 7) is -0.691. The van der Waals surface area contributed by atoms with E-state index in [0.717, 1.165) is 19.9 Å². The van der Waals surface area contributed by atoms with Gasteiger partial charge < -0.3 is 9.88 Å². The molecule has 3 rings (SSSR count). The topological polar surface area (TPSA) is 58.1 Å². The summed E-state index contributed by atoms with van der Waals surface area (Å²) in [5, 5.41) is 0. The quantitative estimate of drug-likeness (QED) is 0.937. The number of hydrogen-bond donors (Lipinski definition) is 1. The SMILES string of the molecule is CN(CC(F)(F)F)C(=O)c1ccc2c(c1)[nH]c(=O)n2CC1CC1. The zero-order valence-electron chi connectivity index (χ0n) is 12.5. The molecule has 23 heavy (non-hydrogen) atoms. The molecule has 0 atom stereocenters. The molecule has 1 aliphatic rings. The molecular weight excluding hydrogens is 311 g/mol. The highest BCUT2D eigenvalue weighted by molar-refractivity contribution is 5.97. The number of nitrogens with zero attached hydrogens (tertiary/aromatic N) is 2. The number of imidazole rings is 1. The number of alkyl halides is 3. The van der Waals surface area contributed by atoms with Gasteiger partial charge in [-0.3, -0.25) is 9.36 Å². The molecule has 0 spiro atoms. The number of fused-ring (bicyclic) bond motifs is 1. The normalized spacial score (nSPS) is 15.1. The van der Waals surface area contributed by atoms with Crippen LogP contribution in [0.3, 0.4) is 0 Å². The van der Waals surface area contributed by atoms with Gasteiger partial charge in [0.05, 0.1) is 11.0 Å². The summed E-state index contributed by atoms with van der Waals surface area (Å²) in [6, 6.07) is 4.48. The first-order valence-electron chi connectivity index (χ1n) is 7.29. The second kappa shape index (κ2) is 5.43. The fourth-order valence-electron chi connectivity index (χ4n) is 2.60. The van der Waals surface area contributed by atoms with Gasteiger partial charge in [0.1, 0.15) is 6.54 Å². The Balaban J connectivity index is 1.88. The maximum atomic E-state index is 12.4. The molecule has 1 aliphatic carbocycles. The third kappa shape index (κ3) is 3.40. The van der Waals surface area contributed by atoms with Gasteiger partial charge in [-0.2, -0.15) is 13.2 Å². The van der Waals surface area contributed by atoms with Gasteiger partial charge >= 0.3 is 11.9 Å². The molecule has 0 saturated heterocycles. The van der Waals surface area contributed by atoms with Crippen molar-refractivity contribution in [3.63, 3.8) is 0 Å². The molecule has 0 unspecified atom stereocenters. The Labute approximate surface area is 129 Å². The van der Waals surface area contributed by atoms with Crippen molar-refractivity contribution < 1.29 is 18.0 Å². The third-order valence-electron chi connectivity index (χ3n) is 3.92. The van der Waals surface area contributed by atoms with Crippen LogP contribution < -0.4 is 5.69 Å². The molecule has 1 aromatic heterocycles. The number of H-pyrrole nitrogens is 1. The van der Waals surface area contributed by atoms with Crippen molar-refractivity contribution in [1.82, 2.24) is 14.5 Å². The predicted octanol–water partition coefficient (Wildman–Crippen LogP) is 2.37. The second-order valence-electron chi connectivity index (χ2n) is 5.99. The van der Waals surface area contributed by atoms with Gasteiger partial charge in [-0.05, 0) is 37.0 Å². The van der Waals surface area contributed by atoms with Crippen molar-refractivity contribution in [2.75, 3.05) is 13.6 Å². The number of hydrogen-bond acceptors (Lipinski definition) is 2. The highest BCUT2D eigenvalue weighted by Gasteiger charge is 2.31. The van der Waals surface area contributed by atoms with E-state index in [4.69, 9.17) is 0 Å². The van der Waals surface area contributed by atoms with Crippen LogP contribution in [0.1, 0.15) is 23.2 Å². The van der Waals surface area contributed by atoms with Crippen LogP contribution >= 0.6 is 0 Å². The van der Waals surface area contributed by atoms with Crippen molar-refractivity contribution in [3.05, 3.63) is 34.2 Å². The lowest BCUT2D eigenvalue weighted by atomic mass is 10.1. The van der Waals surface area contributed by atoms with Crippen molar-refractivity contribution in [2.45, 2.75) is 25.6 Å². The Hall–Kier alpha value is -2.25. The van der Waals surface area contributed by atoms with E-state index in [9.17, 15) is 22.8 Å². The molecule has 0 bridgehead atoms. The molecule has 1 aromatic carbocycles. The van der Waals surface area contributed by atoms with Crippen molar-refractivity contribution >= 4 is 16.9 Å². The van der Waals surface area contributed by atoms with Crippen LogP contribution in [0.15, 0.2) is 23.0 Å². The predicted molar refractivity (Wildman–Crippen MR) is 78.3 cm³/mol. The van der Waals surface area contributed by atoms with Crippen molar-refractivity contribution in [1.29, 1.82) is 0 Å². The van der Waals surface area contributed by atoms with Gasteiger partial charge in [0.25, 0.3) is 5.91 Å². The van der Waals surface area contributed by atoms with Gasteiger partial charge in [-0.1, -0.05) is 0 Å². The van der Waals surface area contributed by atoms with E-state index in [1.54, 1.807) is 10.6 Å². The average Bonchev–Trinajstić information content (AvgIpc) is 3.21. The van der Waals surface area contributed by atoms with E-state index in [2.05, 4.69) is 4.98 Å². The van der Waals surface area contributed by atoms with E-state index < -0.39 is 18.6 Å². The Kier molecular flexibility index (Phi) is 3.69. The summed E-state index contributed by atoms with van der Waals surface area (Å²) in [6.07, 6.45) is -2.26. The van der Waals surface area contributed by atoms with Gasteiger partial charge in [0.15, 0.2) is 0 Å². The van der Waals surface area contributed by atoms with Crippen LogP contribution in [0.4, 0.5) is 13.2 Å². The van der Waals surface area contributed by atoms with Crippen LogP contribution in [0.25, 0.3) is 11.0 Å². The first-order chi connectivity index (χ1) is 10.7. The number of carbonyl (C=O) groups excluding carboxylic acids is 1. The minimum absolute atomic E-state index is 0.115. The fraction of sp³-hybridized carbons (Fsp3) is 0.467. The standard InChI is InChI=1S/C15H16F3N3O2/c1-20(8-15(16,17)18)13(22)10-4-5-12-11(6-10)19-14(23)21(12)7-9-2-3-9/h4-6,9H,2-3,7-8H2,1H3,(H,19,23). The molecule has 0 radical (unpaired) electrons. The monoisotopic (exact) mass is 327 g/mol. The van der Waals surface area contributed by atoms with Crippen molar-refractivity contribution in [3.8, 4) is 0 Å². The largest absolute Gasteiger partial charge is 0.406 e. The van der Waals surface area contributed by atoms with E-state index in [1.165, 1.54) is 12.1 Å². The van der Waals surface area contributed by atoms with Crippen molar-refractivity contribution in [2.24, 2.45) is 5.92 Å². The van der Waals surface area contributed by atoms with E-state index in [1.807, 2.05) is 0 Å². The number of aromatic amines is 1. The summed E-state index contributed by atoms with van der Waals surface area (Å²) in [4.78, 5) is 27.3. The second-order valence-corrected chi connectivity index (χ2v) is 5.99. The highest BCUT2D eigenvalue weighted by atomic mass is 19.4. The van der Waals surface area contributed by atoms with Gasteiger partial charge in [0, 0.05) is 19.2 Å². The lowest BCUT2D eigenvalue weighted by Crippen LogP contribution is -2.35. The molecule has 1 N–H and O–H groups in total. The maximum absolute atomic E-state index is 12.4. The zero-order valence-corrected chi connectivity index (χ0v) is 12.5. The lowest BCUT2D eigenvalue weighted by molar-refractivity contribution is -0.138.